The maximum atomic E-state index is 10.7. The van der Waals surface area contributed by atoms with Gasteiger partial charge in [0.15, 0.2) is 0 Å². The van der Waals surface area contributed by atoms with Gasteiger partial charge in [-0.25, -0.2) is 0 Å². The molecule has 1 rings (SSSR count). The molecule has 0 atom stereocenters. The number of nitriles is 1. The summed E-state index contributed by atoms with van der Waals surface area (Å²) >= 11 is 0. The van der Waals surface area contributed by atoms with Crippen molar-refractivity contribution in [2.75, 3.05) is 32.7 Å². The van der Waals surface area contributed by atoms with E-state index in [1.54, 1.807) is 6.07 Å². The number of carbonyl (C=O) groups is 1. The fraction of sp³-hybridized carbons (Fsp3) is 0.714. The molecule has 0 radical (unpaired) electrons. The molecule has 0 saturated carbocycles. The summed E-state index contributed by atoms with van der Waals surface area (Å²) in [7, 11) is 0. The maximum Gasteiger partial charge on any atom is 0.245 e. The second-order valence-corrected chi connectivity index (χ2v) is 2.56. The Morgan fingerprint density at radius 2 is 2.18 bits per heavy atom. The van der Waals surface area contributed by atoms with Crippen molar-refractivity contribution in [1.29, 1.82) is 5.26 Å². The molecule has 1 heterocycles. The van der Waals surface area contributed by atoms with Gasteiger partial charge in [0, 0.05) is 26.2 Å². The van der Waals surface area contributed by atoms with E-state index in [1.807, 2.05) is 4.90 Å². The normalized spacial score (nSPS) is 19.2. The molecule has 60 valence electrons. The van der Waals surface area contributed by atoms with Crippen LogP contribution in [0.2, 0.25) is 0 Å². The van der Waals surface area contributed by atoms with Gasteiger partial charge in [-0.15, -0.1) is 0 Å². The molecule has 0 bridgehead atoms. The van der Waals surface area contributed by atoms with E-state index in [1.165, 1.54) is 0 Å². The van der Waals surface area contributed by atoms with Crippen LogP contribution < -0.4 is 5.32 Å². The Morgan fingerprint density at radius 3 is 2.73 bits per heavy atom. The summed E-state index contributed by atoms with van der Waals surface area (Å²) < 4.78 is 0. The lowest BCUT2D eigenvalue weighted by Crippen LogP contribution is -2.45. The molecule has 1 saturated heterocycles. The number of piperazine rings is 1. The van der Waals surface area contributed by atoms with Gasteiger partial charge in [0.1, 0.15) is 6.07 Å². The number of hydrogen-bond acceptors (Lipinski definition) is 4. The molecule has 1 aliphatic rings. The number of ketones is 1. The van der Waals surface area contributed by atoms with Crippen molar-refractivity contribution >= 4 is 5.78 Å². The highest BCUT2D eigenvalue weighted by Crippen LogP contribution is 1.90. The molecule has 0 amide bonds. The van der Waals surface area contributed by atoms with Crippen LogP contribution in [0, 0.1) is 11.3 Å². The first-order valence-electron chi connectivity index (χ1n) is 3.69. The average Bonchev–Trinajstić information content (AvgIpc) is 2.06. The van der Waals surface area contributed by atoms with Gasteiger partial charge in [-0.3, -0.25) is 9.69 Å². The molecular formula is C7H11N3O. The lowest BCUT2D eigenvalue weighted by Gasteiger charge is -2.25. The van der Waals surface area contributed by atoms with Crippen LogP contribution in [0.25, 0.3) is 0 Å². The molecule has 0 aromatic carbocycles. The van der Waals surface area contributed by atoms with Crippen molar-refractivity contribution in [2.24, 2.45) is 0 Å². The molecule has 1 fully saturated rings. The fourth-order valence-electron chi connectivity index (χ4n) is 1.11. The van der Waals surface area contributed by atoms with Gasteiger partial charge in [0.05, 0.1) is 6.54 Å². The highest BCUT2D eigenvalue weighted by atomic mass is 16.1. The summed E-state index contributed by atoms with van der Waals surface area (Å²) in [5.74, 6) is -0.341. The van der Waals surface area contributed by atoms with Gasteiger partial charge in [0.2, 0.25) is 5.78 Å². The van der Waals surface area contributed by atoms with Crippen LogP contribution in [0.5, 0.6) is 0 Å². The van der Waals surface area contributed by atoms with Gasteiger partial charge >= 0.3 is 0 Å². The van der Waals surface area contributed by atoms with Gasteiger partial charge in [-0.1, -0.05) is 0 Å². The summed E-state index contributed by atoms with van der Waals surface area (Å²) in [6.07, 6.45) is 0. The molecule has 0 spiro atoms. The van der Waals surface area contributed by atoms with E-state index in [2.05, 4.69) is 5.32 Å². The number of hydrogen-bond donors (Lipinski definition) is 1. The van der Waals surface area contributed by atoms with E-state index in [4.69, 9.17) is 5.26 Å². The quantitative estimate of drug-likeness (QED) is 0.516. The number of nitrogens with one attached hydrogen (secondary N) is 1. The smallest absolute Gasteiger partial charge is 0.245 e. The van der Waals surface area contributed by atoms with Crippen molar-refractivity contribution in [3.63, 3.8) is 0 Å². The van der Waals surface area contributed by atoms with Gasteiger partial charge in [-0.05, 0) is 0 Å². The lowest BCUT2D eigenvalue weighted by atomic mass is 10.3. The van der Waals surface area contributed by atoms with Gasteiger partial charge in [0.25, 0.3) is 0 Å². The van der Waals surface area contributed by atoms with Crippen LogP contribution in [0.3, 0.4) is 0 Å². The van der Waals surface area contributed by atoms with Gasteiger partial charge < -0.3 is 5.32 Å². The maximum absolute atomic E-state index is 10.7. The molecule has 0 aromatic rings. The van der Waals surface area contributed by atoms with Crippen molar-refractivity contribution in [2.45, 2.75) is 0 Å². The van der Waals surface area contributed by atoms with E-state index < -0.39 is 0 Å². The second kappa shape index (κ2) is 4.06. The predicted molar refractivity (Wildman–Crippen MR) is 39.9 cm³/mol. The van der Waals surface area contributed by atoms with E-state index in [-0.39, 0.29) is 12.3 Å². The van der Waals surface area contributed by atoms with Crippen molar-refractivity contribution in [3.8, 4) is 6.07 Å². The first-order valence-corrected chi connectivity index (χ1v) is 3.69. The summed E-state index contributed by atoms with van der Waals surface area (Å²) in [5.41, 5.74) is 0. The van der Waals surface area contributed by atoms with Crippen molar-refractivity contribution in [1.82, 2.24) is 10.2 Å². The van der Waals surface area contributed by atoms with Crippen LogP contribution in [0.1, 0.15) is 0 Å². The third-order valence-corrected chi connectivity index (χ3v) is 1.70. The summed E-state index contributed by atoms with van der Waals surface area (Å²) in [6.45, 7) is 3.86. The van der Waals surface area contributed by atoms with E-state index in [0.29, 0.717) is 0 Å². The molecule has 1 aliphatic heterocycles. The largest absolute Gasteiger partial charge is 0.314 e. The third-order valence-electron chi connectivity index (χ3n) is 1.70. The van der Waals surface area contributed by atoms with Crippen LogP contribution in [-0.4, -0.2) is 43.4 Å². The molecule has 0 aromatic heterocycles. The number of nitrogens with zero attached hydrogens (tertiary/aromatic N) is 2. The minimum Gasteiger partial charge on any atom is -0.314 e. The summed E-state index contributed by atoms with van der Waals surface area (Å²) in [5, 5.41) is 11.4. The SMILES string of the molecule is N#CC(=O)CN1CCNCC1. The molecule has 4 nitrogen and oxygen atoms in total. The van der Waals surface area contributed by atoms with Crippen LogP contribution >= 0.6 is 0 Å². The molecular weight excluding hydrogens is 142 g/mol. The molecule has 0 unspecified atom stereocenters. The summed E-state index contributed by atoms with van der Waals surface area (Å²) in [6, 6.07) is 1.61. The topological polar surface area (TPSA) is 56.1 Å². The number of rotatable bonds is 2. The van der Waals surface area contributed by atoms with E-state index in [9.17, 15) is 4.79 Å². The third kappa shape index (κ3) is 2.66. The fourth-order valence-corrected chi connectivity index (χ4v) is 1.11. The highest BCUT2D eigenvalue weighted by Gasteiger charge is 2.12. The summed E-state index contributed by atoms with van der Waals surface area (Å²) in [4.78, 5) is 12.6. The minimum atomic E-state index is -0.341. The monoisotopic (exact) mass is 153 g/mol. The zero-order chi connectivity index (χ0) is 8.10. The van der Waals surface area contributed by atoms with E-state index in [0.717, 1.165) is 26.2 Å². The van der Waals surface area contributed by atoms with E-state index >= 15 is 0 Å². The first kappa shape index (κ1) is 8.18. The van der Waals surface area contributed by atoms with Crippen LogP contribution in [0.4, 0.5) is 0 Å². The second-order valence-electron chi connectivity index (χ2n) is 2.56. The Balaban J connectivity index is 2.25. The van der Waals surface area contributed by atoms with Crippen molar-refractivity contribution < 1.29 is 4.79 Å². The Labute approximate surface area is 65.8 Å². The first-order chi connectivity index (χ1) is 5.33. The lowest BCUT2D eigenvalue weighted by molar-refractivity contribution is -0.115. The Morgan fingerprint density at radius 1 is 1.55 bits per heavy atom. The molecule has 4 heteroatoms. The molecule has 0 aliphatic carbocycles. The number of Topliss-reactive ketones (excluding diaryl/α,β-unsaturated/α-hetero) is 1. The molecule has 11 heavy (non-hydrogen) atoms. The molecule has 1 N–H and O–H groups in total. The minimum absolute atomic E-state index is 0.290. The highest BCUT2D eigenvalue weighted by molar-refractivity contribution is 5.94. The Kier molecular flexibility index (Phi) is 3.02. The Hall–Kier alpha value is -0.920. The standard InChI is InChI=1S/C7H11N3O/c8-5-7(11)6-10-3-1-9-2-4-10/h9H,1-4,6H2. The zero-order valence-electron chi connectivity index (χ0n) is 6.34. The predicted octanol–water partition coefficient (Wildman–Crippen LogP) is -1.02. The van der Waals surface area contributed by atoms with Crippen molar-refractivity contribution in [3.05, 3.63) is 0 Å². The zero-order valence-corrected chi connectivity index (χ0v) is 6.34. The van der Waals surface area contributed by atoms with Crippen LogP contribution in [-0.2, 0) is 4.79 Å². The average molecular weight is 153 g/mol. The van der Waals surface area contributed by atoms with Crippen LogP contribution in [0.15, 0.2) is 0 Å². The van der Waals surface area contributed by atoms with Gasteiger partial charge in [-0.2, -0.15) is 5.26 Å². The number of carbonyl (C=O) groups excluding carboxylic acids is 1. The Bertz CT molecular complexity index is 179.